The number of nitrogens with zero attached hydrogens (tertiary/aromatic N) is 4. The van der Waals surface area contributed by atoms with Gasteiger partial charge in [0.15, 0.2) is 27.5 Å². The van der Waals surface area contributed by atoms with Crippen molar-refractivity contribution in [2.45, 2.75) is 53.9 Å². The van der Waals surface area contributed by atoms with Crippen LogP contribution in [0.25, 0.3) is 44.6 Å². The molecule has 258 valence electrons. The molecule has 0 bridgehead atoms. The normalized spacial score (nSPS) is 11.9. The summed E-state index contributed by atoms with van der Waals surface area (Å²) in [6, 6.07) is 46.8. The van der Waals surface area contributed by atoms with Gasteiger partial charge in [-0.2, -0.15) is 9.13 Å². The Kier molecular flexibility index (Phi) is 8.02. The molecule has 0 saturated heterocycles. The third kappa shape index (κ3) is 4.81. The van der Waals surface area contributed by atoms with Gasteiger partial charge in [0.25, 0.3) is 11.6 Å². The Balaban J connectivity index is 1.64. The Morgan fingerprint density at radius 2 is 0.808 bits per heavy atom. The standard InChI is InChI=1S/C48H48N4/c1-31-19-10-11-24-37(31)38-25-18-26-39(36(38)6)48(7,46-49(8)40-27-12-14-29-42(40)51(46)44-32(2)20-16-21-33(44)3)47-50(9)41-28-13-15-30-43(41)52(47)45-34(4)22-17-23-35(45)5/h10-30H,1-9H3/q+2. The lowest BCUT2D eigenvalue weighted by atomic mass is 9.75. The molecular weight excluding hydrogens is 633 g/mol. The van der Waals surface area contributed by atoms with E-state index in [1.807, 2.05) is 0 Å². The molecule has 2 aromatic heterocycles. The first-order valence-corrected chi connectivity index (χ1v) is 18.3. The highest BCUT2D eigenvalue weighted by molar-refractivity contribution is 5.80. The van der Waals surface area contributed by atoms with Crippen LogP contribution in [-0.2, 0) is 19.5 Å². The molecule has 4 heteroatoms. The first-order valence-electron chi connectivity index (χ1n) is 18.3. The zero-order valence-corrected chi connectivity index (χ0v) is 31.9. The van der Waals surface area contributed by atoms with Gasteiger partial charge in [-0.15, -0.1) is 0 Å². The molecule has 0 atom stereocenters. The smallest absolute Gasteiger partial charge is 0.228 e. The van der Waals surface area contributed by atoms with E-state index in [0.717, 1.165) is 0 Å². The van der Waals surface area contributed by atoms with Crippen molar-refractivity contribution in [1.29, 1.82) is 0 Å². The second-order valence-electron chi connectivity index (χ2n) is 14.8. The van der Waals surface area contributed by atoms with E-state index in [1.54, 1.807) is 0 Å². The average Bonchev–Trinajstić information content (AvgIpc) is 3.59. The Morgan fingerprint density at radius 3 is 1.29 bits per heavy atom. The van der Waals surface area contributed by atoms with Crippen molar-refractivity contribution in [3.05, 3.63) is 178 Å². The fourth-order valence-electron chi connectivity index (χ4n) is 9.20. The molecule has 6 aromatic carbocycles. The first-order chi connectivity index (χ1) is 25.1. The highest BCUT2D eigenvalue weighted by Gasteiger charge is 2.54. The lowest BCUT2D eigenvalue weighted by Crippen LogP contribution is -2.51. The number of para-hydroxylation sites is 6. The summed E-state index contributed by atoms with van der Waals surface area (Å²) in [5.41, 5.74) is 17.9. The lowest BCUT2D eigenvalue weighted by Gasteiger charge is -2.29. The summed E-state index contributed by atoms with van der Waals surface area (Å²) in [7, 11) is 4.51. The molecule has 0 unspecified atom stereocenters. The highest BCUT2D eigenvalue weighted by atomic mass is 15.2. The van der Waals surface area contributed by atoms with Crippen LogP contribution in [0.3, 0.4) is 0 Å². The number of aryl methyl sites for hydroxylation is 7. The van der Waals surface area contributed by atoms with Crippen molar-refractivity contribution < 1.29 is 9.13 Å². The van der Waals surface area contributed by atoms with Crippen molar-refractivity contribution in [2.24, 2.45) is 14.1 Å². The van der Waals surface area contributed by atoms with E-state index in [2.05, 4.69) is 208 Å². The second-order valence-corrected chi connectivity index (χ2v) is 14.8. The largest absolute Gasteiger partial charge is 0.285 e. The monoisotopic (exact) mass is 680 g/mol. The SMILES string of the molecule is Cc1ccccc1-c1cccc(C(C)(c2n(-c3c(C)cccc3C)c3ccccc3[n+]2C)c2n(-c3c(C)cccc3C)c3ccccc3[n+]2C)c1C. The van der Waals surface area contributed by atoms with Gasteiger partial charge in [0.05, 0.1) is 14.1 Å². The van der Waals surface area contributed by atoms with Crippen molar-refractivity contribution in [1.82, 2.24) is 9.13 Å². The first kappa shape index (κ1) is 33.4. The van der Waals surface area contributed by atoms with E-state index in [9.17, 15) is 0 Å². The Morgan fingerprint density at radius 1 is 0.423 bits per heavy atom. The van der Waals surface area contributed by atoms with Gasteiger partial charge >= 0.3 is 0 Å². The zero-order chi connectivity index (χ0) is 36.5. The maximum absolute atomic E-state index is 2.56. The minimum atomic E-state index is -0.687. The minimum Gasteiger partial charge on any atom is -0.228 e. The van der Waals surface area contributed by atoms with Gasteiger partial charge in [-0.3, -0.25) is 0 Å². The summed E-state index contributed by atoms with van der Waals surface area (Å²) in [6.45, 7) is 16.0. The van der Waals surface area contributed by atoms with Crippen LogP contribution in [0.4, 0.5) is 0 Å². The molecule has 0 aliphatic carbocycles. The summed E-state index contributed by atoms with van der Waals surface area (Å²) in [5.74, 6) is 2.39. The van der Waals surface area contributed by atoms with E-state index in [4.69, 9.17) is 0 Å². The Hall–Kier alpha value is -5.74. The molecule has 0 amide bonds. The van der Waals surface area contributed by atoms with Gasteiger partial charge in [0.2, 0.25) is 0 Å². The van der Waals surface area contributed by atoms with Crippen LogP contribution in [0.1, 0.15) is 57.5 Å². The molecule has 2 heterocycles. The van der Waals surface area contributed by atoms with Crippen LogP contribution >= 0.6 is 0 Å². The fraction of sp³-hybridized carbons (Fsp3) is 0.208. The molecule has 52 heavy (non-hydrogen) atoms. The van der Waals surface area contributed by atoms with Crippen molar-refractivity contribution in [2.75, 3.05) is 0 Å². The third-order valence-corrected chi connectivity index (χ3v) is 11.6. The van der Waals surface area contributed by atoms with Crippen molar-refractivity contribution in [3.63, 3.8) is 0 Å². The number of rotatable bonds is 6. The second kappa shape index (κ2) is 12.5. The molecule has 4 nitrogen and oxygen atoms in total. The zero-order valence-electron chi connectivity index (χ0n) is 31.9. The summed E-state index contributed by atoms with van der Waals surface area (Å²) in [4.78, 5) is 0. The molecule has 0 saturated carbocycles. The van der Waals surface area contributed by atoms with E-state index >= 15 is 0 Å². The predicted molar refractivity (Wildman–Crippen MR) is 215 cm³/mol. The van der Waals surface area contributed by atoms with Gasteiger partial charge < -0.3 is 0 Å². The van der Waals surface area contributed by atoms with Gasteiger partial charge in [-0.05, 0) is 123 Å². The molecule has 0 fully saturated rings. The summed E-state index contributed by atoms with van der Waals surface area (Å²) < 4.78 is 10.0. The number of hydrogen-bond donors (Lipinski definition) is 0. The quantitative estimate of drug-likeness (QED) is 0.156. The molecule has 0 radical (unpaired) electrons. The van der Waals surface area contributed by atoms with Crippen LogP contribution in [0.5, 0.6) is 0 Å². The lowest BCUT2D eigenvalue weighted by molar-refractivity contribution is -0.672. The van der Waals surface area contributed by atoms with Crippen LogP contribution in [0.2, 0.25) is 0 Å². The van der Waals surface area contributed by atoms with Crippen LogP contribution in [-0.4, -0.2) is 9.13 Å². The number of hydrogen-bond acceptors (Lipinski definition) is 0. The van der Waals surface area contributed by atoms with Gasteiger partial charge in [0, 0.05) is 0 Å². The fourth-order valence-corrected chi connectivity index (χ4v) is 9.20. The summed E-state index contributed by atoms with van der Waals surface area (Å²) >= 11 is 0. The van der Waals surface area contributed by atoms with E-state index in [1.165, 1.54) is 95.2 Å². The molecular formula is C48H48N4+2. The molecule has 0 N–H and O–H groups in total. The predicted octanol–water partition coefficient (Wildman–Crippen LogP) is 10.1. The van der Waals surface area contributed by atoms with E-state index in [0.29, 0.717) is 0 Å². The maximum atomic E-state index is 2.56. The number of benzene rings is 6. The number of imidazole rings is 2. The van der Waals surface area contributed by atoms with Gasteiger partial charge in [-0.25, -0.2) is 9.13 Å². The minimum absolute atomic E-state index is 0.687. The molecule has 0 spiro atoms. The van der Waals surface area contributed by atoms with E-state index < -0.39 is 5.41 Å². The topological polar surface area (TPSA) is 17.6 Å². The number of fused-ring (bicyclic) bond motifs is 2. The summed E-state index contributed by atoms with van der Waals surface area (Å²) in [6.07, 6.45) is 0. The Bertz CT molecular complexity index is 2510. The Labute approximate surface area is 307 Å². The van der Waals surface area contributed by atoms with Crippen LogP contribution < -0.4 is 9.13 Å². The maximum Gasteiger partial charge on any atom is 0.285 e. The van der Waals surface area contributed by atoms with Gasteiger partial charge in [0.1, 0.15) is 11.4 Å². The van der Waals surface area contributed by atoms with Crippen LogP contribution in [0, 0.1) is 41.5 Å². The number of aromatic nitrogens is 4. The van der Waals surface area contributed by atoms with Gasteiger partial charge in [-0.1, -0.05) is 103 Å². The molecule has 8 aromatic rings. The molecule has 0 aliphatic rings. The van der Waals surface area contributed by atoms with Crippen molar-refractivity contribution >= 4 is 22.1 Å². The van der Waals surface area contributed by atoms with Crippen LogP contribution in [0.15, 0.2) is 127 Å². The highest BCUT2D eigenvalue weighted by Crippen LogP contribution is 2.45. The molecule has 0 aliphatic heterocycles. The summed E-state index contributed by atoms with van der Waals surface area (Å²) in [5, 5.41) is 0. The van der Waals surface area contributed by atoms with Crippen molar-refractivity contribution in [3.8, 4) is 22.5 Å². The third-order valence-electron chi connectivity index (χ3n) is 11.6. The molecule has 8 rings (SSSR count). The van der Waals surface area contributed by atoms with E-state index in [-0.39, 0.29) is 0 Å². The average molecular weight is 681 g/mol.